The van der Waals surface area contributed by atoms with Gasteiger partial charge in [0, 0.05) is 153 Å². The number of halogens is 4. The van der Waals surface area contributed by atoms with Gasteiger partial charge in [-0.1, -0.05) is 57.7 Å². The van der Waals surface area contributed by atoms with Crippen molar-refractivity contribution in [2.75, 3.05) is 35.8 Å². The highest BCUT2D eigenvalue weighted by Gasteiger charge is 2.24. The van der Waals surface area contributed by atoms with Gasteiger partial charge in [-0.3, -0.25) is 55.1 Å². The number of aldehydes is 1. The number of nitrogens with one attached hydrogen (secondary N) is 3. The third-order valence-electron chi connectivity index (χ3n) is 10.9. The van der Waals surface area contributed by atoms with Crippen LogP contribution in [0.25, 0.3) is 0 Å². The first kappa shape index (κ1) is 75.2. The van der Waals surface area contributed by atoms with Gasteiger partial charge in [0.2, 0.25) is 11.8 Å². The maximum atomic E-state index is 12.2. The fraction of sp³-hybridized carbons (Fsp3) is 0.293. The van der Waals surface area contributed by atoms with Gasteiger partial charge in [0.15, 0.2) is 26.8 Å². The largest absolute Gasteiger partial charge is 0.477 e. The first-order valence-electron chi connectivity index (χ1n) is 27.2. The number of nitrogens with two attached hydrogens (primary N) is 1. The van der Waals surface area contributed by atoms with Crippen molar-refractivity contribution >= 4 is 166 Å². The van der Waals surface area contributed by atoms with E-state index < -0.39 is 35.5 Å². The number of hydrogen-bond acceptors (Lipinski definition) is 25. The number of anilines is 4. The second-order valence-electron chi connectivity index (χ2n) is 20.9. The summed E-state index contributed by atoms with van der Waals surface area (Å²) < 4.78 is 10.2. The van der Waals surface area contributed by atoms with Gasteiger partial charge >= 0.3 is 18.2 Å². The number of carboxylic acids is 1. The normalized spacial score (nSPS) is 12.9. The molecule has 27 nitrogen and oxygen atoms in total. The summed E-state index contributed by atoms with van der Waals surface area (Å²) in [4.78, 5) is 112. The molecule has 10 heterocycles. The molecule has 0 radical (unpaired) electrons. The molecule has 8 aromatic rings. The first-order valence-corrected chi connectivity index (χ1v) is 32.0. The number of pyridine rings is 4. The van der Waals surface area contributed by atoms with E-state index in [2.05, 4.69) is 66.0 Å². The predicted octanol–water partition coefficient (Wildman–Crippen LogP) is 12.0. The molecule has 2 aliphatic heterocycles. The SMILES string of the molecule is CC(C)(C)OC(=O)Nc1ncc(C(O)c2cncc(Cl)c2)s1.CC(C)(C)OC(=O)Nc1nccs1.CN1N=C(C(=O)Nc2ncc(Cc3cncc(Cl)c3)s2)CCC1=O.CN1N=C(C(=O)O)CCC1=O.Nc1ncc(Cc2cncc(Cl)c2)s1.O=Cc1cncc(Cl)c1. The maximum absolute atomic E-state index is 12.2. The first-order chi connectivity index (χ1) is 43.9. The Hall–Kier alpha value is -8.53. The second-order valence-corrected chi connectivity index (χ2v) is 26.9. The zero-order chi connectivity index (χ0) is 68.4. The number of hydrogen-bond donors (Lipinski definition) is 6. The van der Waals surface area contributed by atoms with Gasteiger partial charge in [0.05, 0.1) is 25.0 Å². The predicted molar refractivity (Wildman–Crippen MR) is 360 cm³/mol. The van der Waals surface area contributed by atoms with Crippen LogP contribution in [0.15, 0.2) is 114 Å². The number of carboxylic acid groups (broad SMARTS) is 1. The topological polar surface area (TPSA) is 375 Å². The third-order valence-corrected chi connectivity index (χ3v) is 15.1. The number of nitrogens with zero attached hydrogens (tertiary/aromatic N) is 12. The van der Waals surface area contributed by atoms with Crippen molar-refractivity contribution in [3.05, 3.63) is 161 Å². The zero-order valence-corrected chi connectivity index (χ0v) is 57.2. The van der Waals surface area contributed by atoms with Gasteiger partial charge in [-0.2, -0.15) is 10.2 Å². The summed E-state index contributed by atoms with van der Waals surface area (Å²) in [5, 5.41) is 42.3. The molecular formula is C58H62Cl4N16O11S4. The van der Waals surface area contributed by atoms with E-state index in [4.69, 9.17) is 66.7 Å². The molecule has 1 unspecified atom stereocenters. The lowest BCUT2D eigenvalue weighted by molar-refractivity contribution is -0.132. The van der Waals surface area contributed by atoms with Crippen LogP contribution >= 0.6 is 91.8 Å². The fourth-order valence-corrected chi connectivity index (χ4v) is 10.6. The Kier molecular flexibility index (Phi) is 29.6. The standard InChI is InChI=1S/C15H14ClN5O2S.C14H16ClN3O3S.C9H8ClN3S.C8H12N2O2S.C6H4ClNO.C6H8N2O3/c1-21-13(22)3-2-12(20-21)14(23)19-15-18-8-11(24-15)5-9-4-10(16)7-17-6-9;1-14(2,3)21-13(20)18-12-17-7-10(22-12)11(19)8-4-9(15)6-16-5-8;10-7-1-6(3-12-4-7)2-8-5-13-9(11)14-8;1-8(2,3)12-7(11)10-6-9-4-5-13-6;7-6-1-5(4-9)2-8-3-6;1-8-5(9)3-2-4(7-8)6(10)11/h4,6-8H,2-3,5H2,1H3,(H,18,19,23);4-7,11,19H,1-3H3,(H,17,18,20);1,3-5H,2H2,(H2,11,13);4-5H,1-3H3,(H,9,10,11);1-4H;2-3H2,1H3,(H,10,11). The number of aliphatic hydroxyl groups is 1. The zero-order valence-electron chi connectivity index (χ0n) is 50.9. The van der Waals surface area contributed by atoms with Crippen LogP contribution < -0.4 is 21.7 Å². The van der Waals surface area contributed by atoms with E-state index in [9.17, 15) is 38.7 Å². The third kappa shape index (κ3) is 28.5. The Balaban J connectivity index is 0.000000209. The van der Waals surface area contributed by atoms with Gasteiger partial charge < -0.3 is 25.4 Å². The van der Waals surface area contributed by atoms with Gasteiger partial charge in [-0.05, 0) is 76.9 Å². The molecule has 492 valence electrons. The monoisotopic (exact) mass is 1430 g/mol. The number of rotatable bonds is 12. The molecule has 5 amide bonds. The molecule has 0 saturated carbocycles. The quantitative estimate of drug-likeness (QED) is 0.0619. The van der Waals surface area contributed by atoms with Gasteiger partial charge in [-0.15, -0.1) is 34.0 Å². The summed E-state index contributed by atoms with van der Waals surface area (Å²) in [7, 11) is 2.99. The second kappa shape index (κ2) is 36.6. The molecule has 8 aromatic heterocycles. The number of aliphatic carboxylic acids is 1. The van der Waals surface area contributed by atoms with Crippen LogP contribution in [-0.4, -0.2) is 139 Å². The highest BCUT2D eigenvalue weighted by atomic mass is 35.5. The van der Waals surface area contributed by atoms with Crippen LogP contribution in [0.1, 0.15) is 115 Å². The van der Waals surface area contributed by atoms with E-state index >= 15 is 0 Å². The molecule has 0 spiro atoms. The molecule has 0 aliphatic carbocycles. The fourth-order valence-electron chi connectivity index (χ4n) is 6.96. The van der Waals surface area contributed by atoms with Crippen molar-refractivity contribution in [2.45, 2.75) is 97.4 Å². The summed E-state index contributed by atoms with van der Waals surface area (Å²) in [5.74, 6) is -1.63. The van der Waals surface area contributed by atoms with Gasteiger partial charge in [0.25, 0.3) is 5.91 Å². The van der Waals surface area contributed by atoms with E-state index in [1.54, 1.807) is 81.7 Å². The van der Waals surface area contributed by atoms with Crippen LogP contribution in [0.4, 0.5) is 30.1 Å². The molecule has 2 aliphatic rings. The molecular weight excluding hydrogens is 1370 g/mol. The average molecular weight is 1430 g/mol. The van der Waals surface area contributed by atoms with E-state index in [0.29, 0.717) is 81.5 Å². The average Bonchev–Trinajstić information content (AvgIpc) is 3.38. The number of nitrogen functional groups attached to an aromatic ring is 1. The number of carbonyl (C=O) groups is 7. The van der Waals surface area contributed by atoms with Crippen molar-refractivity contribution in [2.24, 2.45) is 10.2 Å². The molecule has 0 saturated heterocycles. The number of hydrazone groups is 2. The Morgan fingerprint density at radius 2 is 1.10 bits per heavy atom. The van der Waals surface area contributed by atoms with Crippen LogP contribution in [-0.2, 0) is 41.5 Å². The number of carbonyl (C=O) groups excluding carboxylic acids is 6. The highest BCUT2D eigenvalue weighted by Crippen LogP contribution is 2.31. The lowest BCUT2D eigenvalue weighted by atomic mass is 10.1. The minimum absolute atomic E-state index is 0.0482. The Bertz CT molecular complexity index is 3900. The van der Waals surface area contributed by atoms with Crippen molar-refractivity contribution in [1.29, 1.82) is 0 Å². The summed E-state index contributed by atoms with van der Waals surface area (Å²) in [6.07, 6.45) is 20.5. The van der Waals surface area contributed by atoms with E-state index in [0.717, 1.165) is 43.6 Å². The number of aromatic nitrogens is 8. The minimum atomic E-state index is -1.05. The highest BCUT2D eigenvalue weighted by molar-refractivity contribution is 7.16. The maximum Gasteiger partial charge on any atom is 0.413 e. The smallest absolute Gasteiger partial charge is 0.413 e. The van der Waals surface area contributed by atoms with Crippen molar-refractivity contribution in [1.82, 2.24) is 49.9 Å². The Labute approximate surface area is 569 Å². The van der Waals surface area contributed by atoms with E-state index in [1.807, 2.05) is 32.9 Å². The number of amides is 5. The molecule has 0 bridgehead atoms. The Morgan fingerprint density at radius 3 is 1.57 bits per heavy atom. The summed E-state index contributed by atoms with van der Waals surface area (Å²) in [5.41, 5.74) is 7.95. The summed E-state index contributed by atoms with van der Waals surface area (Å²) in [6, 6.07) is 6.92. The van der Waals surface area contributed by atoms with E-state index in [-0.39, 0.29) is 42.7 Å². The van der Waals surface area contributed by atoms with Gasteiger partial charge in [-0.25, -0.2) is 44.3 Å². The number of ether oxygens (including phenoxy) is 2. The van der Waals surface area contributed by atoms with Crippen molar-refractivity contribution in [3.63, 3.8) is 0 Å². The van der Waals surface area contributed by atoms with Crippen LogP contribution in [0.3, 0.4) is 0 Å². The van der Waals surface area contributed by atoms with Crippen LogP contribution in [0, 0.1) is 0 Å². The molecule has 93 heavy (non-hydrogen) atoms. The Morgan fingerprint density at radius 1 is 0.613 bits per heavy atom. The van der Waals surface area contributed by atoms with Crippen molar-refractivity contribution < 1.29 is 53.2 Å². The number of thiazole rings is 4. The molecule has 7 N–H and O–H groups in total. The van der Waals surface area contributed by atoms with Gasteiger partial charge in [0.1, 0.15) is 28.7 Å². The lowest BCUT2D eigenvalue weighted by Gasteiger charge is -2.18. The molecule has 0 aromatic carbocycles. The molecule has 35 heteroatoms. The summed E-state index contributed by atoms with van der Waals surface area (Å²) in [6.45, 7) is 10.8. The number of aliphatic hydroxyl groups excluding tert-OH is 1. The minimum Gasteiger partial charge on any atom is -0.477 e. The van der Waals surface area contributed by atoms with Crippen molar-refractivity contribution in [3.8, 4) is 0 Å². The lowest BCUT2D eigenvalue weighted by Crippen LogP contribution is -2.34. The summed E-state index contributed by atoms with van der Waals surface area (Å²) >= 11 is 28.5. The van der Waals surface area contributed by atoms with Crippen LogP contribution in [0.5, 0.6) is 0 Å². The van der Waals surface area contributed by atoms with Crippen LogP contribution in [0.2, 0.25) is 20.1 Å². The molecule has 0 fully saturated rings. The molecule has 10 rings (SSSR count). The molecule has 1 atom stereocenters. The van der Waals surface area contributed by atoms with E-state index in [1.165, 1.54) is 84.1 Å².